The number of carbonyl (C=O) groups excluding carboxylic acids is 2. The number of urea groups is 1. The highest BCUT2D eigenvalue weighted by molar-refractivity contribution is 6.07. The molecule has 3 amide bonds. The molecule has 2 N–H and O–H groups in total. The second-order valence-corrected chi connectivity index (χ2v) is 8.25. The standard InChI is InChI=1S/C25H29N3O2/c29-23-25(27-24(30)26-23,16-13-21-10-5-2-6-11-21)22-14-18-28(19-15-22)17-7-12-20-8-3-1-4-9-20/h1-12,22H,13-19H2,(H2,26,27,29,30). The molecule has 0 aliphatic carbocycles. The third kappa shape index (κ3) is 4.62. The zero-order valence-electron chi connectivity index (χ0n) is 17.2. The number of nitrogens with one attached hydrogen (secondary N) is 2. The van der Waals surface area contributed by atoms with Gasteiger partial charge >= 0.3 is 6.03 Å². The molecule has 5 heteroatoms. The molecule has 156 valence electrons. The average Bonchev–Trinajstić information content (AvgIpc) is 3.08. The number of piperidine rings is 1. The normalized spacial score (nSPS) is 22.9. The summed E-state index contributed by atoms with van der Waals surface area (Å²) in [6.45, 7) is 2.76. The molecule has 0 radical (unpaired) electrons. The van der Waals surface area contributed by atoms with E-state index in [4.69, 9.17) is 0 Å². The Morgan fingerprint density at radius 2 is 1.63 bits per heavy atom. The van der Waals surface area contributed by atoms with Crippen LogP contribution in [0.3, 0.4) is 0 Å². The molecule has 0 bridgehead atoms. The minimum absolute atomic E-state index is 0.155. The second-order valence-electron chi connectivity index (χ2n) is 8.25. The first-order valence-electron chi connectivity index (χ1n) is 10.8. The number of benzene rings is 2. The Balaban J connectivity index is 1.37. The lowest BCUT2D eigenvalue weighted by atomic mass is 9.74. The van der Waals surface area contributed by atoms with Gasteiger partial charge in [-0.2, -0.15) is 0 Å². The number of nitrogens with zero attached hydrogens (tertiary/aromatic N) is 1. The molecule has 2 aromatic carbocycles. The zero-order valence-corrected chi connectivity index (χ0v) is 17.2. The van der Waals surface area contributed by atoms with Crippen LogP contribution >= 0.6 is 0 Å². The summed E-state index contributed by atoms with van der Waals surface area (Å²) in [5.41, 5.74) is 1.60. The van der Waals surface area contributed by atoms with Gasteiger partial charge in [0.15, 0.2) is 0 Å². The molecule has 0 aromatic heterocycles. The number of hydrogen-bond acceptors (Lipinski definition) is 3. The van der Waals surface area contributed by atoms with Crippen LogP contribution in [0.1, 0.15) is 30.4 Å². The summed E-state index contributed by atoms with van der Waals surface area (Å²) in [5.74, 6) is -0.00660. The summed E-state index contributed by atoms with van der Waals surface area (Å²) in [6.07, 6.45) is 7.56. The van der Waals surface area contributed by atoms with E-state index >= 15 is 0 Å². The van der Waals surface area contributed by atoms with Crippen molar-refractivity contribution in [1.29, 1.82) is 0 Å². The molecule has 1 unspecified atom stereocenters. The lowest BCUT2D eigenvalue weighted by Gasteiger charge is -2.40. The summed E-state index contributed by atoms with van der Waals surface area (Å²) >= 11 is 0. The fourth-order valence-electron chi connectivity index (χ4n) is 4.67. The first-order chi connectivity index (χ1) is 14.7. The fourth-order valence-corrected chi connectivity index (χ4v) is 4.67. The Kier molecular flexibility index (Phi) is 6.29. The van der Waals surface area contributed by atoms with E-state index in [1.54, 1.807) is 0 Å². The van der Waals surface area contributed by atoms with E-state index in [0.717, 1.165) is 38.9 Å². The van der Waals surface area contributed by atoms with E-state index in [0.29, 0.717) is 6.42 Å². The molecule has 1 atom stereocenters. The summed E-state index contributed by atoms with van der Waals surface area (Å²) in [7, 11) is 0. The maximum Gasteiger partial charge on any atom is 0.322 e. The largest absolute Gasteiger partial charge is 0.323 e. The van der Waals surface area contributed by atoms with Crippen molar-refractivity contribution in [2.45, 2.75) is 31.2 Å². The van der Waals surface area contributed by atoms with Crippen molar-refractivity contribution < 1.29 is 9.59 Å². The first kappa shape index (κ1) is 20.4. The maximum atomic E-state index is 12.8. The Bertz CT molecular complexity index is 889. The molecule has 5 nitrogen and oxygen atoms in total. The van der Waals surface area contributed by atoms with Gasteiger partial charge in [0.2, 0.25) is 0 Å². The van der Waals surface area contributed by atoms with Gasteiger partial charge in [-0.15, -0.1) is 0 Å². The van der Waals surface area contributed by atoms with Gasteiger partial charge < -0.3 is 5.32 Å². The molecule has 2 aliphatic heterocycles. The van der Waals surface area contributed by atoms with Crippen molar-refractivity contribution in [2.75, 3.05) is 19.6 Å². The Morgan fingerprint density at radius 3 is 2.27 bits per heavy atom. The van der Waals surface area contributed by atoms with Gasteiger partial charge in [0.1, 0.15) is 5.54 Å². The van der Waals surface area contributed by atoms with Crippen molar-refractivity contribution in [3.8, 4) is 0 Å². The van der Waals surface area contributed by atoms with Crippen molar-refractivity contribution in [3.63, 3.8) is 0 Å². The van der Waals surface area contributed by atoms with Crippen LogP contribution in [0.4, 0.5) is 4.79 Å². The van der Waals surface area contributed by atoms with Gasteiger partial charge in [-0.1, -0.05) is 72.8 Å². The van der Waals surface area contributed by atoms with Crippen LogP contribution in [0, 0.1) is 5.92 Å². The predicted molar refractivity (Wildman–Crippen MR) is 119 cm³/mol. The third-order valence-corrected chi connectivity index (χ3v) is 6.38. The molecule has 30 heavy (non-hydrogen) atoms. The molecule has 2 aliphatic rings. The molecule has 0 spiro atoms. The summed E-state index contributed by atoms with van der Waals surface area (Å²) in [5, 5.41) is 5.50. The van der Waals surface area contributed by atoms with Crippen LogP contribution < -0.4 is 10.6 Å². The first-order valence-corrected chi connectivity index (χ1v) is 10.8. The highest BCUT2D eigenvalue weighted by Gasteiger charge is 2.51. The van der Waals surface area contributed by atoms with Crippen molar-refractivity contribution in [1.82, 2.24) is 15.5 Å². The second kappa shape index (κ2) is 9.26. The number of rotatable bonds is 7. The minimum atomic E-state index is -0.793. The number of aryl methyl sites for hydroxylation is 1. The van der Waals surface area contributed by atoms with Crippen molar-refractivity contribution in [3.05, 3.63) is 77.9 Å². The lowest BCUT2D eigenvalue weighted by Crippen LogP contribution is -2.56. The molecule has 0 saturated carbocycles. The van der Waals surface area contributed by atoms with Crippen LogP contribution in [0.2, 0.25) is 0 Å². The molecular weight excluding hydrogens is 374 g/mol. The van der Waals surface area contributed by atoms with Crippen LogP contribution in [-0.2, 0) is 11.2 Å². The topological polar surface area (TPSA) is 61.4 Å². The van der Waals surface area contributed by atoms with Crippen LogP contribution in [0.5, 0.6) is 0 Å². The lowest BCUT2D eigenvalue weighted by molar-refractivity contribution is -0.127. The van der Waals surface area contributed by atoms with Gasteiger partial charge in [-0.25, -0.2) is 4.79 Å². The van der Waals surface area contributed by atoms with Gasteiger partial charge in [0, 0.05) is 6.54 Å². The van der Waals surface area contributed by atoms with Gasteiger partial charge in [0.05, 0.1) is 0 Å². The third-order valence-electron chi connectivity index (χ3n) is 6.38. The van der Waals surface area contributed by atoms with E-state index in [1.807, 2.05) is 36.4 Å². The minimum Gasteiger partial charge on any atom is -0.323 e. The fraction of sp³-hybridized carbons (Fsp3) is 0.360. The number of carbonyl (C=O) groups is 2. The van der Waals surface area contributed by atoms with Gasteiger partial charge in [-0.3, -0.25) is 15.0 Å². The number of likely N-dealkylation sites (tertiary alicyclic amines) is 1. The van der Waals surface area contributed by atoms with Crippen LogP contribution in [0.25, 0.3) is 6.08 Å². The SMILES string of the molecule is O=C1NC(=O)C(CCc2ccccc2)(C2CCN(CC=Cc3ccccc3)CC2)N1. The zero-order chi connectivity index (χ0) is 20.8. The smallest absolute Gasteiger partial charge is 0.322 e. The molecule has 2 fully saturated rings. The van der Waals surface area contributed by atoms with E-state index < -0.39 is 5.54 Å². The van der Waals surface area contributed by atoms with Crippen molar-refractivity contribution >= 4 is 18.0 Å². The van der Waals surface area contributed by atoms with Crippen LogP contribution in [0.15, 0.2) is 66.7 Å². The predicted octanol–water partition coefficient (Wildman–Crippen LogP) is 3.62. The highest BCUT2D eigenvalue weighted by atomic mass is 16.2. The van der Waals surface area contributed by atoms with E-state index in [2.05, 4.69) is 52.0 Å². The number of hydrogen-bond donors (Lipinski definition) is 2. The van der Waals surface area contributed by atoms with Gasteiger partial charge in [-0.05, 0) is 55.8 Å². The van der Waals surface area contributed by atoms with Crippen molar-refractivity contribution in [2.24, 2.45) is 5.92 Å². The summed E-state index contributed by atoms with van der Waals surface area (Å²) < 4.78 is 0. The monoisotopic (exact) mass is 403 g/mol. The van der Waals surface area contributed by atoms with E-state index in [9.17, 15) is 9.59 Å². The average molecular weight is 404 g/mol. The Hall–Kier alpha value is -2.92. The summed E-state index contributed by atoms with van der Waals surface area (Å²) in [4.78, 5) is 27.2. The molecule has 2 aromatic rings. The molecular formula is C25H29N3O2. The molecule has 2 saturated heterocycles. The molecule has 2 heterocycles. The number of imide groups is 1. The number of amides is 3. The quantitative estimate of drug-likeness (QED) is 0.694. The van der Waals surface area contributed by atoms with E-state index in [-0.39, 0.29) is 17.9 Å². The summed E-state index contributed by atoms with van der Waals surface area (Å²) in [6, 6.07) is 20.1. The Morgan fingerprint density at radius 1 is 0.967 bits per heavy atom. The maximum absolute atomic E-state index is 12.8. The highest BCUT2D eigenvalue weighted by Crippen LogP contribution is 2.34. The van der Waals surface area contributed by atoms with E-state index in [1.165, 1.54) is 11.1 Å². The van der Waals surface area contributed by atoms with Gasteiger partial charge in [0.25, 0.3) is 5.91 Å². The Labute approximate surface area is 178 Å². The van der Waals surface area contributed by atoms with Crippen LogP contribution in [-0.4, -0.2) is 42.0 Å². The molecule has 4 rings (SSSR count).